The molecule has 0 atom stereocenters. The third-order valence-corrected chi connectivity index (χ3v) is 7.11. The van der Waals surface area contributed by atoms with Gasteiger partial charge in [0.25, 0.3) is 0 Å². The Morgan fingerprint density at radius 1 is 1.10 bits per heavy atom. The zero-order chi connectivity index (χ0) is 22.0. The van der Waals surface area contributed by atoms with E-state index in [1.54, 1.807) is 24.3 Å². The molecule has 0 unspecified atom stereocenters. The van der Waals surface area contributed by atoms with Gasteiger partial charge in [0.15, 0.2) is 5.43 Å². The van der Waals surface area contributed by atoms with Crippen molar-refractivity contribution in [3.63, 3.8) is 0 Å². The van der Waals surface area contributed by atoms with Gasteiger partial charge < -0.3 is 9.73 Å². The number of benzene rings is 2. The van der Waals surface area contributed by atoms with Crippen molar-refractivity contribution in [2.75, 3.05) is 18.4 Å². The van der Waals surface area contributed by atoms with Gasteiger partial charge in [-0.3, -0.25) is 9.59 Å². The predicted octanol–water partition coefficient (Wildman–Crippen LogP) is 3.54. The van der Waals surface area contributed by atoms with Crippen molar-refractivity contribution in [2.45, 2.75) is 24.7 Å². The summed E-state index contributed by atoms with van der Waals surface area (Å²) in [4.78, 5) is 25.0. The van der Waals surface area contributed by atoms with Crippen LogP contribution in [0.2, 0.25) is 0 Å². The fourth-order valence-electron chi connectivity index (χ4n) is 3.51. The number of rotatable bonds is 5. The first kappa shape index (κ1) is 21.0. The number of carbonyl (C=O) groups is 1. The number of nitrogens with zero attached hydrogens (tertiary/aromatic N) is 1. The average Bonchev–Trinajstić information content (AvgIpc) is 3.30. The Balaban J connectivity index is 1.46. The first-order valence-electron chi connectivity index (χ1n) is 9.96. The normalized spacial score (nSPS) is 15.0. The van der Waals surface area contributed by atoms with Crippen molar-refractivity contribution in [2.24, 2.45) is 0 Å². The van der Waals surface area contributed by atoms with Gasteiger partial charge in [0.1, 0.15) is 11.8 Å². The summed E-state index contributed by atoms with van der Waals surface area (Å²) in [5, 5.41) is 3.12. The number of fused-ring (bicyclic) bond motifs is 1. The van der Waals surface area contributed by atoms with Crippen LogP contribution >= 0.6 is 0 Å². The minimum Gasteiger partial charge on any atom is -0.463 e. The highest BCUT2D eigenvalue weighted by Gasteiger charge is 2.26. The monoisotopic (exact) mass is 438 g/mol. The Kier molecular flexibility index (Phi) is 5.75. The second kappa shape index (κ2) is 8.49. The SMILES string of the molecule is Cc1ccc2occ(/C=C/C(=O)Nc3ccc(S(=O)(=O)N4CCCC4)cc3)c(=O)c2c1. The van der Waals surface area contributed by atoms with Crippen LogP contribution in [0.15, 0.2) is 68.9 Å². The van der Waals surface area contributed by atoms with Gasteiger partial charge in [0, 0.05) is 24.9 Å². The van der Waals surface area contributed by atoms with Crippen LogP contribution in [0.25, 0.3) is 17.0 Å². The zero-order valence-electron chi connectivity index (χ0n) is 17.0. The average molecular weight is 439 g/mol. The van der Waals surface area contributed by atoms with E-state index in [2.05, 4.69) is 5.32 Å². The molecule has 160 valence electrons. The van der Waals surface area contributed by atoms with E-state index in [1.807, 2.05) is 13.0 Å². The Morgan fingerprint density at radius 2 is 1.81 bits per heavy atom. The molecule has 0 spiro atoms. The highest BCUT2D eigenvalue weighted by molar-refractivity contribution is 7.89. The number of anilines is 1. The lowest BCUT2D eigenvalue weighted by Gasteiger charge is -2.15. The van der Waals surface area contributed by atoms with Crippen molar-refractivity contribution in [3.05, 3.63) is 76.2 Å². The summed E-state index contributed by atoms with van der Waals surface area (Å²) in [7, 11) is -3.49. The molecule has 1 fully saturated rings. The molecule has 4 rings (SSSR count). The molecule has 0 aliphatic carbocycles. The van der Waals surface area contributed by atoms with Crippen molar-refractivity contribution in [1.82, 2.24) is 4.31 Å². The molecule has 0 saturated carbocycles. The van der Waals surface area contributed by atoms with E-state index in [9.17, 15) is 18.0 Å². The molecule has 8 heteroatoms. The van der Waals surface area contributed by atoms with Crippen LogP contribution < -0.4 is 10.7 Å². The molecule has 7 nitrogen and oxygen atoms in total. The smallest absolute Gasteiger partial charge is 0.248 e. The number of sulfonamides is 1. The molecule has 31 heavy (non-hydrogen) atoms. The van der Waals surface area contributed by atoms with Crippen LogP contribution in [0.5, 0.6) is 0 Å². The van der Waals surface area contributed by atoms with E-state index in [1.165, 1.54) is 34.9 Å². The standard InChI is InChI=1S/C23H22N2O5S/c1-16-4-10-21-20(14-16)23(27)17(15-30-21)5-11-22(26)24-18-6-8-19(9-7-18)31(28,29)25-12-2-3-13-25/h4-11,14-15H,2-3,12-13H2,1H3,(H,24,26)/b11-5+. The summed E-state index contributed by atoms with van der Waals surface area (Å²) in [6, 6.07) is 11.4. The lowest BCUT2D eigenvalue weighted by Crippen LogP contribution is -2.27. The maximum absolute atomic E-state index is 12.6. The van der Waals surface area contributed by atoms with Crippen LogP contribution in [-0.4, -0.2) is 31.7 Å². The summed E-state index contributed by atoms with van der Waals surface area (Å²) in [5.74, 6) is -0.445. The second-order valence-electron chi connectivity index (χ2n) is 7.48. The van der Waals surface area contributed by atoms with Gasteiger partial charge >= 0.3 is 0 Å². The molecule has 1 saturated heterocycles. The number of nitrogens with one attached hydrogen (secondary N) is 1. The molecule has 2 heterocycles. The largest absolute Gasteiger partial charge is 0.463 e. The Hall–Kier alpha value is -3.23. The van der Waals surface area contributed by atoms with E-state index < -0.39 is 15.9 Å². The highest BCUT2D eigenvalue weighted by Crippen LogP contribution is 2.22. The number of amides is 1. The molecule has 3 aromatic rings. The van der Waals surface area contributed by atoms with E-state index >= 15 is 0 Å². The van der Waals surface area contributed by atoms with Crippen LogP contribution in [-0.2, 0) is 14.8 Å². The van der Waals surface area contributed by atoms with Crippen LogP contribution in [0.4, 0.5) is 5.69 Å². The Labute approximate surface area is 180 Å². The molecule has 1 aromatic heterocycles. The van der Waals surface area contributed by atoms with Gasteiger partial charge in [-0.15, -0.1) is 0 Å². The quantitative estimate of drug-likeness (QED) is 0.615. The molecule has 1 N–H and O–H groups in total. The Morgan fingerprint density at radius 3 is 2.52 bits per heavy atom. The van der Waals surface area contributed by atoms with Crippen LogP contribution in [0.3, 0.4) is 0 Å². The molecule has 0 radical (unpaired) electrons. The lowest BCUT2D eigenvalue weighted by atomic mass is 10.1. The molecular formula is C23H22N2O5S. The zero-order valence-corrected chi connectivity index (χ0v) is 17.8. The first-order chi connectivity index (χ1) is 14.8. The van der Waals surface area contributed by atoms with E-state index in [0.717, 1.165) is 18.4 Å². The third-order valence-electron chi connectivity index (χ3n) is 5.19. The summed E-state index contributed by atoms with van der Waals surface area (Å²) >= 11 is 0. The fraction of sp³-hybridized carbons (Fsp3) is 0.217. The summed E-state index contributed by atoms with van der Waals surface area (Å²) in [6.45, 7) is 2.96. The van der Waals surface area contributed by atoms with Gasteiger partial charge in [-0.2, -0.15) is 4.31 Å². The topological polar surface area (TPSA) is 96.7 Å². The third kappa shape index (κ3) is 4.45. The Bertz CT molecular complexity index is 1320. The van der Waals surface area contributed by atoms with Gasteiger partial charge in [0.2, 0.25) is 15.9 Å². The molecule has 2 aromatic carbocycles. The maximum atomic E-state index is 12.6. The van der Waals surface area contributed by atoms with Crippen molar-refractivity contribution in [1.29, 1.82) is 0 Å². The second-order valence-corrected chi connectivity index (χ2v) is 9.42. The molecular weight excluding hydrogens is 416 g/mol. The molecule has 1 aliphatic rings. The van der Waals surface area contributed by atoms with Crippen molar-refractivity contribution >= 4 is 38.7 Å². The molecule has 1 amide bonds. The highest BCUT2D eigenvalue weighted by atomic mass is 32.2. The molecule has 0 bridgehead atoms. The summed E-state index contributed by atoms with van der Waals surface area (Å²) in [6.07, 6.45) is 5.70. The van der Waals surface area contributed by atoms with Gasteiger partial charge in [0.05, 0.1) is 15.8 Å². The van der Waals surface area contributed by atoms with E-state index in [-0.39, 0.29) is 15.9 Å². The van der Waals surface area contributed by atoms with Crippen molar-refractivity contribution < 1.29 is 17.6 Å². The van der Waals surface area contributed by atoms with Gasteiger partial charge in [-0.1, -0.05) is 11.6 Å². The van der Waals surface area contributed by atoms with Crippen LogP contribution in [0.1, 0.15) is 24.0 Å². The minimum absolute atomic E-state index is 0.201. The minimum atomic E-state index is -3.49. The summed E-state index contributed by atoms with van der Waals surface area (Å²) < 4.78 is 32.1. The number of carbonyl (C=O) groups excluding carboxylic acids is 1. The van der Waals surface area contributed by atoms with Gasteiger partial charge in [-0.05, 0) is 62.2 Å². The number of aryl methyl sites for hydroxylation is 1. The summed E-state index contributed by atoms with van der Waals surface area (Å²) in [5.41, 5.74) is 1.93. The predicted molar refractivity (Wildman–Crippen MR) is 119 cm³/mol. The van der Waals surface area contributed by atoms with E-state index in [0.29, 0.717) is 29.7 Å². The first-order valence-corrected chi connectivity index (χ1v) is 11.4. The number of hydrogen-bond donors (Lipinski definition) is 1. The number of hydrogen-bond acceptors (Lipinski definition) is 5. The molecule has 1 aliphatic heterocycles. The van der Waals surface area contributed by atoms with Crippen molar-refractivity contribution in [3.8, 4) is 0 Å². The maximum Gasteiger partial charge on any atom is 0.248 e. The van der Waals surface area contributed by atoms with Crippen LogP contribution in [0, 0.1) is 6.92 Å². The van der Waals surface area contributed by atoms with E-state index in [4.69, 9.17) is 4.42 Å². The fourth-order valence-corrected chi connectivity index (χ4v) is 5.03. The van der Waals surface area contributed by atoms with Gasteiger partial charge in [-0.25, -0.2) is 8.42 Å². The lowest BCUT2D eigenvalue weighted by molar-refractivity contribution is -0.111.